The van der Waals surface area contributed by atoms with E-state index in [2.05, 4.69) is 10.6 Å². The van der Waals surface area contributed by atoms with E-state index in [1.54, 1.807) is 30.3 Å². The fraction of sp³-hybridized carbons (Fsp3) is 0.167. The van der Waals surface area contributed by atoms with Gasteiger partial charge in [-0.25, -0.2) is 0 Å². The van der Waals surface area contributed by atoms with Gasteiger partial charge in [0, 0.05) is 6.92 Å². The Morgan fingerprint density at radius 3 is 2.53 bits per heavy atom. The van der Waals surface area contributed by atoms with E-state index in [0.717, 1.165) is 0 Å². The molecule has 7 heteroatoms. The third-order valence-electron chi connectivity index (χ3n) is 2.52. The van der Waals surface area contributed by atoms with Crippen molar-refractivity contribution in [2.75, 3.05) is 4.90 Å². The van der Waals surface area contributed by atoms with Crippen molar-refractivity contribution in [1.82, 2.24) is 10.6 Å². The van der Waals surface area contributed by atoms with Crippen LogP contribution in [0.1, 0.15) is 6.92 Å². The van der Waals surface area contributed by atoms with E-state index in [0.29, 0.717) is 5.69 Å². The molecule has 0 aromatic heterocycles. The molecule has 1 aliphatic rings. The summed E-state index contributed by atoms with van der Waals surface area (Å²) in [5, 5.41) is 4.70. The molecule has 0 aliphatic carbocycles. The number of benzene rings is 1. The number of nitrogens with zero attached hydrogens (tertiary/aromatic N) is 1. The Morgan fingerprint density at radius 2 is 1.95 bits per heavy atom. The molecule has 0 unspecified atom stereocenters. The fourth-order valence-corrected chi connectivity index (χ4v) is 2.02. The molecule has 1 aromatic rings. The molecular weight excluding hydrogens is 266 g/mol. The molecule has 1 saturated heterocycles. The third-order valence-corrected chi connectivity index (χ3v) is 2.81. The summed E-state index contributed by atoms with van der Waals surface area (Å²) in [4.78, 5) is 36.1. The number of para-hydroxylation sites is 1. The summed E-state index contributed by atoms with van der Waals surface area (Å²) in [6.07, 6.45) is 0. The topological polar surface area (TPSA) is 78.5 Å². The number of carbonyl (C=O) groups excluding carboxylic acids is 3. The molecule has 19 heavy (non-hydrogen) atoms. The summed E-state index contributed by atoms with van der Waals surface area (Å²) in [6.45, 7) is 1.24. The maximum Gasteiger partial charge on any atom is 0.265 e. The summed E-state index contributed by atoms with van der Waals surface area (Å²) in [5.41, 5.74) is 0.535. The predicted molar refractivity (Wildman–Crippen MR) is 72.3 cm³/mol. The van der Waals surface area contributed by atoms with Crippen LogP contribution in [-0.2, 0) is 14.4 Å². The van der Waals surface area contributed by atoms with Gasteiger partial charge in [0.05, 0.1) is 5.69 Å². The molecule has 0 saturated carbocycles. The van der Waals surface area contributed by atoms with Gasteiger partial charge in [-0.2, -0.15) is 0 Å². The average molecular weight is 277 g/mol. The Balaban J connectivity index is 2.33. The van der Waals surface area contributed by atoms with Crippen LogP contribution in [0.2, 0.25) is 0 Å². The van der Waals surface area contributed by atoms with Crippen LogP contribution in [0.25, 0.3) is 0 Å². The summed E-state index contributed by atoms with van der Waals surface area (Å²) in [6, 6.07) is 7.40. The lowest BCUT2D eigenvalue weighted by Crippen LogP contribution is -2.65. The fourth-order valence-electron chi connectivity index (χ4n) is 1.73. The number of anilines is 1. The second-order valence-corrected chi connectivity index (χ2v) is 4.32. The molecule has 6 nitrogen and oxygen atoms in total. The second-order valence-electron chi connectivity index (χ2n) is 3.94. The van der Waals surface area contributed by atoms with Gasteiger partial charge < -0.3 is 10.6 Å². The molecule has 1 aromatic carbocycles. The number of nitrogens with one attached hydrogen (secondary N) is 2. The number of hydrogen-bond donors (Lipinski definition) is 2. The van der Waals surface area contributed by atoms with E-state index in [-0.39, 0.29) is 5.11 Å². The van der Waals surface area contributed by atoms with Crippen LogP contribution in [0, 0.1) is 0 Å². The molecule has 1 atom stereocenters. The van der Waals surface area contributed by atoms with Gasteiger partial charge in [0.1, 0.15) is 0 Å². The Labute approximate surface area is 114 Å². The molecule has 98 valence electrons. The highest BCUT2D eigenvalue weighted by Gasteiger charge is 2.39. The van der Waals surface area contributed by atoms with Gasteiger partial charge in [-0.1, -0.05) is 18.2 Å². The minimum atomic E-state index is -1.26. The van der Waals surface area contributed by atoms with E-state index in [1.807, 2.05) is 0 Å². The normalized spacial score (nSPS) is 19.1. The molecule has 1 heterocycles. The van der Waals surface area contributed by atoms with E-state index < -0.39 is 23.8 Å². The van der Waals surface area contributed by atoms with Crippen LogP contribution in [0.15, 0.2) is 30.3 Å². The summed E-state index contributed by atoms with van der Waals surface area (Å²) in [5.74, 6) is -1.66. The van der Waals surface area contributed by atoms with E-state index >= 15 is 0 Å². The maximum absolute atomic E-state index is 12.2. The van der Waals surface area contributed by atoms with Crippen molar-refractivity contribution in [3.8, 4) is 0 Å². The van der Waals surface area contributed by atoms with Gasteiger partial charge in [0.25, 0.3) is 11.8 Å². The van der Waals surface area contributed by atoms with Crippen molar-refractivity contribution < 1.29 is 14.4 Å². The van der Waals surface area contributed by atoms with Crippen LogP contribution in [-0.4, -0.2) is 28.9 Å². The first-order chi connectivity index (χ1) is 9.00. The Hall–Kier alpha value is -2.28. The van der Waals surface area contributed by atoms with Crippen LogP contribution in [0.4, 0.5) is 5.69 Å². The van der Waals surface area contributed by atoms with Gasteiger partial charge in [0.2, 0.25) is 5.91 Å². The Kier molecular flexibility index (Phi) is 3.57. The zero-order chi connectivity index (χ0) is 14.0. The van der Waals surface area contributed by atoms with E-state index in [4.69, 9.17) is 12.2 Å². The molecular formula is C12H11N3O3S. The smallest absolute Gasteiger partial charge is 0.265 e. The largest absolute Gasteiger partial charge is 0.337 e. The number of thiocarbonyl (C=S) groups is 1. The maximum atomic E-state index is 12.2. The lowest BCUT2D eigenvalue weighted by molar-refractivity contribution is -0.134. The van der Waals surface area contributed by atoms with Crippen molar-refractivity contribution >= 4 is 40.7 Å². The standard InChI is InChI=1S/C12H11N3O3S/c1-7(16)13-9-10(17)14-12(19)15(11(9)18)8-5-3-2-4-6-8/h2-6,9H,1H3,(H,13,16)(H,14,17,19)/t9-/m1/s1. The minimum absolute atomic E-state index is 0.00259. The SMILES string of the molecule is CC(=O)N[C@@H]1C(=O)NC(=S)N(c2ccccc2)C1=O. The molecule has 2 N–H and O–H groups in total. The van der Waals surface area contributed by atoms with Crippen molar-refractivity contribution in [2.24, 2.45) is 0 Å². The van der Waals surface area contributed by atoms with Crippen LogP contribution in [0.3, 0.4) is 0 Å². The lowest BCUT2D eigenvalue weighted by atomic mass is 10.1. The van der Waals surface area contributed by atoms with Gasteiger partial charge in [-0.05, 0) is 24.4 Å². The van der Waals surface area contributed by atoms with Crippen molar-refractivity contribution in [3.63, 3.8) is 0 Å². The number of amides is 3. The second kappa shape index (κ2) is 5.15. The molecule has 3 amide bonds. The van der Waals surface area contributed by atoms with E-state index in [9.17, 15) is 14.4 Å². The van der Waals surface area contributed by atoms with Gasteiger partial charge >= 0.3 is 0 Å². The molecule has 1 aliphatic heterocycles. The first kappa shape index (κ1) is 13.2. The molecule has 0 radical (unpaired) electrons. The third kappa shape index (κ3) is 2.60. The Morgan fingerprint density at radius 1 is 1.32 bits per heavy atom. The highest BCUT2D eigenvalue weighted by Crippen LogP contribution is 2.17. The zero-order valence-corrected chi connectivity index (χ0v) is 10.9. The average Bonchev–Trinajstić information content (AvgIpc) is 2.35. The highest BCUT2D eigenvalue weighted by atomic mass is 32.1. The van der Waals surface area contributed by atoms with Crippen molar-refractivity contribution in [2.45, 2.75) is 13.0 Å². The summed E-state index contributed by atoms with van der Waals surface area (Å²) in [7, 11) is 0. The van der Waals surface area contributed by atoms with Crippen LogP contribution >= 0.6 is 12.2 Å². The first-order valence-electron chi connectivity index (χ1n) is 5.51. The molecule has 1 fully saturated rings. The Bertz CT molecular complexity index is 559. The van der Waals surface area contributed by atoms with Crippen molar-refractivity contribution in [3.05, 3.63) is 30.3 Å². The van der Waals surface area contributed by atoms with Gasteiger partial charge in [-0.15, -0.1) is 0 Å². The first-order valence-corrected chi connectivity index (χ1v) is 5.92. The van der Waals surface area contributed by atoms with Crippen molar-refractivity contribution in [1.29, 1.82) is 0 Å². The number of hydrogen-bond acceptors (Lipinski definition) is 4. The van der Waals surface area contributed by atoms with Crippen LogP contribution < -0.4 is 15.5 Å². The minimum Gasteiger partial charge on any atom is -0.337 e. The lowest BCUT2D eigenvalue weighted by Gasteiger charge is -2.32. The zero-order valence-electron chi connectivity index (χ0n) is 10.0. The van der Waals surface area contributed by atoms with Gasteiger partial charge in [-0.3, -0.25) is 19.3 Å². The monoisotopic (exact) mass is 277 g/mol. The summed E-state index contributed by atoms with van der Waals surface area (Å²) >= 11 is 4.99. The van der Waals surface area contributed by atoms with Gasteiger partial charge in [0.15, 0.2) is 11.2 Å². The molecule has 0 spiro atoms. The molecule has 2 rings (SSSR count). The predicted octanol–water partition coefficient (Wildman–Crippen LogP) is -0.0610. The molecule has 0 bridgehead atoms. The van der Waals surface area contributed by atoms with E-state index in [1.165, 1.54) is 11.8 Å². The number of rotatable bonds is 2. The summed E-state index contributed by atoms with van der Waals surface area (Å²) < 4.78 is 0. The van der Waals surface area contributed by atoms with Crippen LogP contribution in [0.5, 0.6) is 0 Å². The quantitative estimate of drug-likeness (QED) is 0.586. The number of carbonyl (C=O) groups is 3. The highest BCUT2D eigenvalue weighted by molar-refractivity contribution is 7.80.